The quantitative estimate of drug-likeness (QED) is 0.448. The van der Waals surface area contributed by atoms with Gasteiger partial charge in [0.25, 0.3) is 0 Å². The minimum absolute atomic E-state index is 0.185. The van der Waals surface area contributed by atoms with Crippen LogP contribution >= 0.6 is 0 Å². The first-order valence-electron chi connectivity index (χ1n) is 8.84. The second kappa shape index (κ2) is 7.67. The van der Waals surface area contributed by atoms with Crippen molar-refractivity contribution in [2.75, 3.05) is 7.11 Å². The number of carbonyl (C=O) groups excluding carboxylic acids is 1. The summed E-state index contributed by atoms with van der Waals surface area (Å²) in [6.45, 7) is 0. The molecule has 144 valence electrons. The van der Waals surface area contributed by atoms with E-state index >= 15 is 0 Å². The van der Waals surface area contributed by atoms with E-state index in [0.29, 0.717) is 22.6 Å². The number of rotatable bonds is 5. The summed E-state index contributed by atoms with van der Waals surface area (Å²) in [5.74, 6) is -0.833. The Hall–Kier alpha value is -3.80. The molecular formula is C23H16F2N2O2. The monoisotopic (exact) mass is 390 g/mol. The average molecular weight is 390 g/mol. The first-order valence-corrected chi connectivity index (χ1v) is 8.84. The fourth-order valence-electron chi connectivity index (χ4n) is 3.14. The average Bonchev–Trinajstić information content (AvgIpc) is 3.23. The Bertz CT molecular complexity index is 1200. The summed E-state index contributed by atoms with van der Waals surface area (Å²) in [5.41, 5.74) is 2.08. The Labute approximate surface area is 166 Å². The highest BCUT2D eigenvalue weighted by Crippen LogP contribution is 2.33. The molecule has 0 aliphatic rings. The van der Waals surface area contributed by atoms with E-state index in [9.17, 15) is 13.6 Å². The molecule has 4 aromatic rings. The molecule has 0 spiro atoms. The Morgan fingerprint density at radius 3 is 2.59 bits per heavy atom. The Morgan fingerprint density at radius 1 is 1.00 bits per heavy atom. The number of hydrogen-bond acceptors (Lipinski definition) is 3. The summed E-state index contributed by atoms with van der Waals surface area (Å²) in [5, 5.41) is 0. The van der Waals surface area contributed by atoms with Crippen LogP contribution in [0, 0.1) is 11.6 Å². The van der Waals surface area contributed by atoms with E-state index in [1.807, 2.05) is 6.07 Å². The molecule has 6 heteroatoms. The largest absolute Gasteiger partial charge is 0.496 e. The number of halogens is 2. The molecule has 0 N–H and O–H groups in total. The molecule has 0 atom stereocenters. The van der Waals surface area contributed by atoms with Crippen LogP contribution in [0.2, 0.25) is 0 Å². The topological polar surface area (TPSA) is 44.1 Å². The van der Waals surface area contributed by atoms with Gasteiger partial charge >= 0.3 is 0 Å². The van der Waals surface area contributed by atoms with E-state index in [4.69, 9.17) is 4.74 Å². The molecule has 0 amide bonds. The fourth-order valence-corrected chi connectivity index (χ4v) is 3.14. The number of methoxy groups -OCH3 is 1. The van der Waals surface area contributed by atoms with Gasteiger partial charge in [0.15, 0.2) is 0 Å². The number of nitrogens with zero attached hydrogens (tertiary/aromatic N) is 2. The van der Waals surface area contributed by atoms with Gasteiger partial charge in [0.2, 0.25) is 5.78 Å². The van der Waals surface area contributed by atoms with Gasteiger partial charge in [-0.1, -0.05) is 30.3 Å². The zero-order chi connectivity index (χ0) is 20.4. The minimum atomic E-state index is -0.484. The van der Waals surface area contributed by atoms with E-state index in [2.05, 4.69) is 4.98 Å². The molecule has 29 heavy (non-hydrogen) atoms. The molecule has 0 saturated heterocycles. The van der Waals surface area contributed by atoms with Crippen molar-refractivity contribution in [1.82, 2.24) is 9.55 Å². The van der Waals surface area contributed by atoms with Crippen LogP contribution in [0.25, 0.3) is 16.8 Å². The summed E-state index contributed by atoms with van der Waals surface area (Å²) in [6, 6.07) is 17.3. The molecule has 0 aliphatic heterocycles. The normalized spacial score (nSPS) is 10.7. The van der Waals surface area contributed by atoms with Crippen molar-refractivity contribution < 1.29 is 18.3 Å². The first-order chi connectivity index (χ1) is 14.1. The Balaban J connectivity index is 1.70. The summed E-state index contributed by atoms with van der Waals surface area (Å²) in [7, 11) is 1.49. The molecule has 1 aromatic heterocycles. The van der Waals surface area contributed by atoms with Gasteiger partial charge in [0.1, 0.15) is 29.4 Å². The SMILES string of the molecule is COc1cccc(F)c1-c1cccc(-n2cnc(C(=O)c3cccc(F)c3)c2)c1. The number of carbonyl (C=O) groups is 1. The lowest BCUT2D eigenvalue weighted by Gasteiger charge is -2.11. The van der Waals surface area contributed by atoms with Crippen LogP contribution in [0.1, 0.15) is 16.1 Å². The van der Waals surface area contributed by atoms with Crippen LogP contribution in [0.4, 0.5) is 8.78 Å². The van der Waals surface area contributed by atoms with Gasteiger partial charge in [-0.05, 0) is 42.0 Å². The van der Waals surface area contributed by atoms with Crippen molar-refractivity contribution >= 4 is 5.78 Å². The van der Waals surface area contributed by atoms with E-state index in [1.165, 1.54) is 43.8 Å². The molecule has 0 saturated carbocycles. The van der Waals surface area contributed by atoms with E-state index in [0.717, 1.165) is 0 Å². The van der Waals surface area contributed by atoms with E-state index in [-0.39, 0.29) is 17.0 Å². The molecule has 0 fully saturated rings. The second-order valence-electron chi connectivity index (χ2n) is 6.37. The molecule has 0 unspecified atom stereocenters. The first kappa shape index (κ1) is 18.6. The van der Waals surface area contributed by atoms with Gasteiger partial charge in [-0.2, -0.15) is 0 Å². The fraction of sp³-hybridized carbons (Fsp3) is 0.0435. The highest BCUT2D eigenvalue weighted by Gasteiger charge is 2.15. The van der Waals surface area contributed by atoms with Gasteiger partial charge in [-0.15, -0.1) is 0 Å². The van der Waals surface area contributed by atoms with Crippen LogP contribution in [0.15, 0.2) is 79.3 Å². The minimum Gasteiger partial charge on any atom is -0.496 e. The maximum atomic E-state index is 14.4. The van der Waals surface area contributed by atoms with Gasteiger partial charge < -0.3 is 9.30 Å². The number of ketones is 1. The zero-order valence-electron chi connectivity index (χ0n) is 15.5. The predicted molar refractivity (Wildman–Crippen MR) is 105 cm³/mol. The van der Waals surface area contributed by atoms with Crippen LogP contribution < -0.4 is 4.74 Å². The summed E-state index contributed by atoms with van der Waals surface area (Å²) >= 11 is 0. The van der Waals surface area contributed by atoms with Crippen LogP contribution in [-0.2, 0) is 0 Å². The van der Waals surface area contributed by atoms with Gasteiger partial charge in [-0.3, -0.25) is 4.79 Å². The summed E-state index contributed by atoms with van der Waals surface area (Å²) in [4.78, 5) is 16.7. The van der Waals surface area contributed by atoms with Crippen molar-refractivity contribution in [3.63, 3.8) is 0 Å². The number of benzene rings is 3. The number of hydrogen-bond donors (Lipinski definition) is 0. The summed E-state index contributed by atoms with van der Waals surface area (Å²) < 4.78 is 34.7. The Kier molecular flexibility index (Phi) is 4.91. The van der Waals surface area contributed by atoms with Crippen molar-refractivity contribution in [2.45, 2.75) is 0 Å². The maximum Gasteiger partial charge on any atom is 0.213 e. The number of ether oxygens (including phenoxy) is 1. The highest BCUT2D eigenvalue weighted by molar-refractivity contribution is 6.07. The summed E-state index contributed by atoms with van der Waals surface area (Å²) in [6.07, 6.45) is 3.05. The lowest BCUT2D eigenvalue weighted by atomic mass is 10.0. The van der Waals surface area contributed by atoms with Crippen LogP contribution in [-0.4, -0.2) is 22.4 Å². The van der Waals surface area contributed by atoms with E-state index in [1.54, 1.807) is 41.1 Å². The van der Waals surface area contributed by atoms with Crippen LogP contribution in [0.5, 0.6) is 5.75 Å². The molecule has 3 aromatic carbocycles. The smallest absolute Gasteiger partial charge is 0.213 e. The van der Waals surface area contributed by atoms with E-state index < -0.39 is 11.6 Å². The number of aromatic nitrogens is 2. The second-order valence-corrected chi connectivity index (χ2v) is 6.37. The number of imidazole rings is 1. The predicted octanol–water partition coefficient (Wildman–Crippen LogP) is 5.06. The van der Waals surface area contributed by atoms with Crippen molar-refractivity contribution in [2.24, 2.45) is 0 Å². The lowest BCUT2D eigenvalue weighted by Crippen LogP contribution is -2.02. The van der Waals surface area contributed by atoms with Gasteiger partial charge in [-0.25, -0.2) is 13.8 Å². The molecule has 0 radical (unpaired) electrons. The molecular weight excluding hydrogens is 374 g/mol. The third-order valence-corrected chi connectivity index (χ3v) is 4.53. The van der Waals surface area contributed by atoms with Gasteiger partial charge in [0.05, 0.1) is 12.7 Å². The Morgan fingerprint density at radius 2 is 1.79 bits per heavy atom. The zero-order valence-corrected chi connectivity index (χ0v) is 15.5. The maximum absolute atomic E-state index is 14.4. The lowest BCUT2D eigenvalue weighted by molar-refractivity contribution is 0.103. The van der Waals surface area contributed by atoms with Gasteiger partial charge in [0, 0.05) is 17.4 Å². The highest BCUT2D eigenvalue weighted by atomic mass is 19.1. The van der Waals surface area contributed by atoms with Crippen LogP contribution in [0.3, 0.4) is 0 Å². The van der Waals surface area contributed by atoms with Crippen molar-refractivity contribution in [3.8, 4) is 22.6 Å². The third kappa shape index (κ3) is 3.65. The third-order valence-electron chi connectivity index (χ3n) is 4.53. The van der Waals surface area contributed by atoms with Crippen molar-refractivity contribution in [1.29, 1.82) is 0 Å². The molecule has 4 nitrogen and oxygen atoms in total. The molecule has 1 heterocycles. The molecule has 0 bridgehead atoms. The standard InChI is InChI=1S/C23H16F2N2O2/c1-29-21-10-4-9-19(25)22(21)15-5-3-8-18(12-15)27-13-20(26-14-27)23(28)16-6-2-7-17(24)11-16/h2-14H,1H3. The van der Waals surface area contributed by atoms with Crippen molar-refractivity contribution in [3.05, 3.63) is 102 Å². The molecule has 0 aliphatic carbocycles. The molecule has 4 rings (SSSR count).